The molecule has 0 heterocycles. The van der Waals surface area contributed by atoms with Gasteiger partial charge in [-0.15, -0.1) is 0 Å². The largest absolute Gasteiger partial charge is 0.496 e. The van der Waals surface area contributed by atoms with E-state index in [1.807, 2.05) is 24.3 Å². The Kier molecular flexibility index (Phi) is 7.09. The number of hydrogen-bond donors (Lipinski definition) is 0. The van der Waals surface area contributed by atoms with Crippen molar-refractivity contribution in [2.75, 3.05) is 14.2 Å². The molecule has 0 saturated carbocycles. The van der Waals surface area contributed by atoms with Crippen LogP contribution in [0.3, 0.4) is 0 Å². The van der Waals surface area contributed by atoms with Gasteiger partial charge in [0, 0.05) is 0 Å². The van der Waals surface area contributed by atoms with Gasteiger partial charge in [0.15, 0.2) is 0 Å². The van der Waals surface area contributed by atoms with Gasteiger partial charge in [0.05, 0.1) is 14.2 Å². The van der Waals surface area contributed by atoms with Crippen molar-refractivity contribution in [1.82, 2.24) is 0 Å². The molecule has 0 saturated heterocycles. The molecule has 0 aliphatic rings. The predicted molar refractivity (Wildman–Crippen MR) is 97.4 cm³/mol. The molecule has 0 bridgehead atoms. The Balaban J connectivity index is 1.91. The van der Waals surface area contributed by atoms with Crippen molar-refractivity contribution < 1.29 is 14.3 Å². The van der Waals surface area contributed by atoms with E-state index in [0.717, 1.165) is 31.2 Å². The highest BCUT2D eigenvalue weighted by atomic mass is 16.5. The van der Waals surface area contributed by atoms with Crippen molar-refractivity contribution in [3.63, 3.8) is 0 Å². The van der Waals surface area contributed by atoms with Crippen LogP contribution in [0.1, 0.15) is 40.7 Å². The SMILES string of the molecule is COC(=O)c1c(C=CCCCCc2ccccc2)cccc1OC. The van der Waals surface area contributed by atoms with Gasteiger partial charge in [-0.2, -0.15) is 0 Å². The summed E-state index contributed by atoms with van der Waals surface area (Å²) in [6.45, 7) is 0. The van der Waals surface area contributed by atoms with Crippen LogP contribution in [0, 0.1) is 0 Å². The minimum absolute atomic E-state index is 0.379. The van der Waals surface area contributed by atoms with Crippen LogP contribution in [0.2, 0.25) is 0 Å². The van der Waals surface area contributed by atoms with Gasteiger partial charge in [-0.25, -0.2) is 4.79 Å². The molecule has 126 valence electrons. The molecule has 2 aromatic rings. The Labute approximate surface area is 143 Å². The molecule has 0 radical (unpaired) electrons. The van der Waals surface area contributed by atoms with Crippen molar-refractivity contribution in [2.24, 2.45) is 0 Å². The third-order valence-corrected chi connectivity index (χ3v) is 3.89. The molecule has 0 fully saturated rings. The van der Waals surface area contributed by atoms with E-state index < -0.39 is 0 Å². The Bertz CT molecular complexity index is 675. The van der Waals surface area contributed by atoms with E-state index in [4.69, 9.17) is 9.47 Å². The molecular formula is C21H24O3. The average molecular weight is 324 g/mol. The Morgan fingerprint density at radius 1 is 1.00 bits per heavy atom. The summed E-state index contributed by atoms with van der Waals surface area (Å²) in [4.78, 5) is 12.0. The zero-order chi connectivity index (χ0) is 17.2. The van der Waals surface area contributed by atoms with Gasteiger partial charge < -0.3 is 9.47 Å². The number of hydrogen-bond acceptors (Lipinski definition) is 3. The first kappa shape index (κ1) is 17.8. The smallest absolute Gasteiger partial charge is 0.342 e. The third-order valence-electron chi connectivity index (χ3n) is 3.89. The van der Waals surface area contributed by atoms with Gasteiger partial charge in [0.1, 0.15) is 11.3 Å². The standard InChI is InChI=1S/C21H24O3/c1-23-19-16-10-15-18(20(19)21(22)24-2)14-9-4-3-6-11-17-12-7-5-8-13-17/h5,7-10,12-16H,3-4,6,11H2,1-2H3. The Morgan fingerprint density at radius 2 is 1.79 bits per heavy atom. The Morgan fingerprint density at radius 3 is 2.50 bits per heavy atom. The lowest BCUT2D eigenvalue weighted by Crippen LogP contribution is -2.06. The highest BCUT2D eigenvalue weighted by molar-refractivity contribution is 5.96. The van der Waals surface area contributed by atoms with E-state index in [1.165, 1.54) is 12.7 Å². The lowest BCUT2D eigenvalue weighted by atomic mass is 10.0. The fraction of sp³-hybridized carbons (Fsp3) is 0.286. The number of carbonyl (C=O) groups excluding carboxylic acids is 1. The van der Waals surface area contributed by atoms with Gasteiger partial charge in [0.25, 0.3) is 0 Å². The fourth-order valence-corrected chi connectivity index (χ4v) is 2.62. The van der Waals surface area contributed by atoms with Crippen LogP contribution >= 0.6 is 0 Å². The lowest BCUT2D eigenvalue weighted by Gasteiger charge is -2.09. The molecule has 0 unspecified atom stereocenters. The predicted octanol–water partition coefficient (Wildman–Crippen LogP) is 4.91. The highest BCUT2D eigenvalue weighted by Gasteiger charge is 2.15. The summed E-state index contributed by atoms with van der Waals surface area (Å²) in [5, 5.41) is 0. The van der Waals surface area contributed by atoms with Crippen LogP contribution in [-0.4, -0.2) is 20.2 Å². The van der Waals surface area contributed by atoms with E-state index in [1.54, 1.807) is 13.2 Å². The summed E-state index contributed by atoms with van der Waals surface area (Å²) >= 11 is 0. The monoisotopic (exact) mass is 324 g/mol. The number of esters is 1. The van der Waals surface area contributed by atoms with Gasteiger partial charge >= 0.3 is 5.97 Å². The molecule has 0 aromatic heterocycles. The molecule has 24 heavy (non-hydrogen) atoms. The number of rotatable bonds is 8. The van der Waals surface area contributed by atoms with Gasteiger partial charge in [-0.3, -0.25) is 0 Å². The molecular weight excluding hydrogens is 300 g/mol. The molecule has 0 amide bonds. The second-order valence-corrected chi connectivity index (χ2v) is 5.55. The van der Waals surface area contributed by atoms with Crippen molar-refractivity contribution in [3.05, 3.63) is 71.3 Å². The number of allylic oxidation sites excluding steroid dienone is 1. The first-order valence-corrected chi connectivity index (χ1v) is 8.22. The average Bonchev–Trinajstić information content (AvgIpc) is 2.64. The Hall–Kier alpha value is -2.55. The normalized spacial score (nSPS) is 10.8. The number of benzene rings is 2. The summed E-state index contributed by atoms with van der Waals surface area (Å²) in [5.74, 6) is 0.157. The maximum Gasteiger partial charge on any atom is 0.342 e. The number of ether oxygens (including phenoxy) is 2. The van der Waals surface area contributed by atoms with Gasteiger partial charge in [-0.05, 0) is 42.9 Å². The maximum atomic E-state index is 12.0. The zero-order valence-corrected chi connectivity index (χ0v) is 14.3. The summed E-state index contributed by atoms with van der Waals surface area (Å²) in [7, 11) is 2.94. The topological polar surface area (TPSA) is 35.5 Å². The summed E-state index contributed by atoms with van der Waals surface area (Å²) in [5.41, 5.74) is 2.68. The van der Waals surface area contributed by atoms with Crippen LogP contribution in [0.4, 0.5) is 0 Å². The van der Waals surface area contributed by atoms with Crippen LogP contribution in [0.15, 0.2) is 54.6 Å². The summed E-state index contributed by atoms with van der Waals surface area (Å²) < 4.78 is 10.1. The number of carbonyl (C=O) groups is 1. The second kappa shape index (κ2) is 9.56. The summed E-state index contributed by atoms with van der Waals surface area (Å²) in [6.07, 6.45) is 8.41. The molecule has 3 nitrogen and oxygen atoms in total. The second-order valence-electron chi connectivity index (χ2n) is 5.55. The molecule has 0 aliphatic carbocycles. The van der Waals surface area contributed by atoms with Crippen LogP contribution < -0.4 is 4.74 Å². The van der Waals surface area contributed by atoms with E-state index in [0.29, 0.717) is 11.3 Å². The summed E-state index contributed by atoms with van der Waals surface area (Å²) in [6, 6.07) is 16.1. The number of unbranched alkanes of at least 4 members (excludes halogenated alkanes) is 2. The zero-order valence-electron chi connectivity index (χ0n) is 14.3. The number of aryl methyl sites for hydroxylation is 1. The van der Waals surface area contributed by atoms with E-state index in [9.17, 15) is 4.79 Å². The van der Waals surface area contributed by atoms with Crippen molar-refractivity contribution >= 4 is 12.0 Å². The third kappa shape index (κ3) is 4.98. The molecule has 0 N–H and O–H groups in total. The highest BCUT2D eigenvalue weighted by Crippen LogP contribution is 2.24. The van der Waals surface area contributed by atoms with Crippen LogP contribution in [0.5, 0.6) is 5.75 Å². The molecule has 0 atom stereocenters. The van der Waals surface area contributed by atoms with E-state index >= 15 is 0 Å². The van der Waals surface area contributed by atoms with Crippen molar-refractivity contribution in [1.29, 1.82) is 0 Å². The van der Waals surface area contributed by atoms with Gasteiger partial charge in [0.2, 0.25) is 0 Å². The van der Waals surface area contributed by atoms with E-state index in [2.05, 4.69) is 30.3 Å². The van der Waals surface area contributed by atoms with Gasteiger partial charge in [-0.1, -0.05) is 54.6 Å². The molecule has 3 heteroatoms. The minimum atomic E-state index is -0.379. The number of methoxy groups -OCH3 is 2. The first-order valence-electron chi connectivity index (χ1n) is 8.22. The van der Waals surface area contributed by atoms with Crippen molar-refractivity contribution in [2.45, 2.75) is 25.7 Å². The maximum absolute atomic E-state index is 12.0. The van der Waals surface area contributed by atoms with Crippen molar-refractivity contribution in [3.8, 4) is 5.75 Å². The quantitative estimate of drug-likeness (QED) is 0.511. The first-order chi connectivity index (χ1) is 11.8. The molecule has 2 aromatic carbocycles. The molecule has 2 rings (SSSR count). The lowest BCUT2D eigenvalue weighted by molar-refractivity contribution is 0.0597. The minimum Gasteiger partial charge on any atom is -0.496 e. The molecule has 0 spiro atoms. The van der Waals surface area contributed by atoms with Crippen LogP contribution in [-0.2, 0) is 11.2 Å². The van der Waals surface area contributed by atoms with E-state index in [-0.39, 0.29) is 5.97 Å². The molecule has 0 aliphatic heterocycles. The van der Waals surface area contributed by atoms with Crippen LogP contribution in [0.25, 0.3) is 6.08 Å². The fourth-order valence-electron chi connectivity index (χ4n) is 2.62.